The zero-order valence-electron chi connectivity index (χ0n) is 9.75. The quantitative estimate of drug-likeness (QED) is 0.565. The molecule has 2 heterocycles. The molecule has 2 nitrogen and oxygen atoms in total. The number of nitrogens with zero attached hydrogens (tertiary/aromatic N) is 2. The second kappa shape index (κ2) is 4.96. The fourth-order valence-corrected chi connectivity index (χ4v) is 2.78. The summed E-state index contributed by atoms with van der Waals surface area (Å²) in [6.07, 6.45) is 6.23. The molecule has 5 heteroatoms. The fourth-order valence-electron chi connectivity index (χ4n) is 2.26. The highest BCUT2D eigenvalue weighted by Gasteiger charge is 2.21. The van der Waals surface area contributed by atoms with Crippen molar-refractivity contribution >= 4 is 43.3 Å². The molecule has 2 aliphatic rings. The van der Waals surface area contributed by atoms with E-state index in [4.69, 9.17) is 12.7 Å². The van der Waals surface area contributed by atoms with Crippen molar-refractivity contribution in [3.63, 3.8) is 0 Å². The van der Waals surface area contributed by atoms with Gasteiger partial charge in [0.1, 0.15) is 5.84 Å². The molecule has 2 aliphatic heterocycles. The van der Waals surface area contributed by atoms with E-state index in [0.717, 1.165) is 12.4 Å². The van der Waals surface area contributed by atoms with Crippen LogP contribution in [0.1, 0.15) is 17.1 Å². The maximum atomic E-state index is 5.75. The van der Waals surface area contributed by atoms with Gasteiger partial charge in [-0.2, -0.15) is 0 Å². The van der Waals surface area contributed by atoms with E-state index in [1.54, 1.807) is 7.17 Å². The third kappa shape index (κ3) is 2.16. The van der Waals surface area contributed by atoms with Gasteiger partial charge in [-0.3, -0.25) is 4.99 Å². The Hall–Kier alpha value is -0.970. The van der Waals surface area contributed by atoms with Crippen LogP contribution >= 0.6 is 22.6 Å². The minimum absolute atomic E-state index is 0.0602. The number of benzene rings is 1. The Bertz CT molecular complexity index is 566. The molecule has 0 aromatic heterocycles. The zero-order chi connectivity index (χ0) is 12.5. The van der Waals surface area contributed by atoms with E-state index in [9.17, 15) is 0 Å². The lowest BCUT2D eigenvalue weighted by Crippen LogP contribution is -2.25. The molecule has 1 unspecified atom stereocenters. The smallest absolute Gasteiger partial charge is 0.127 e. The minimum atomic E-state index is -0.0602. The molecule has 0 aliphatic carbocycles. The lowest BCUT2D eigenvalue weighted by Gasteiger charge is -2.22. The standard InChI is InChI=1S/C13H10B2IN2/c14-15-13-11-4-2-1-3-9(11)7-18-8-10(16)5-6-12(18)17-13/h1-6,8,13H,7H2. The molecule has 85 valence electrons. The first-order chi connectivity index (χ1) is 8.78. The third-order valence-electron chi connectivity index (χ3n) is 3.13. The van der Waals surface area contributed by atoms with E-state index in [1.165, 1.54) is 14.7 Å². The van der Waals surface area contributed by atoms with Crippen LogP contribution in [0, 0.1) is 0 Å². The van der Waals surface area contributed by atoms with Gasteiger partial charge in [-0.1, -0.05) is 24.3 Å². The van der Waals surface area contributed by atoms with Crippen molar-refractivity contribution in [2.75, 3.05) is 0 Å². The highest BCUT2D eigenvalue weighted by atomic mass is 127. The zero-order valence-corrected chi connectivity index (χ0v) is 11.9. The first-order valence-corrected chi connectivity index (χ1v) is 6.88. The number of hydrogen-bond acceptors (Lipinski definition) is 2. The molecule has 3 rings (SSSR count). The van der Waals surface area contributed by atoms with Gasteiger partial charge in [-0.05, 0) is 45.9 Å². The second-order valence-corrected chi connectivity index (χ2v) is 5.54. The Morgan fingerprint density at radius 1 is 1.33 bits per heavy atom. The molecule has 0 amide bonds. The number of aliphatic imine (C=N–C) groups is 1. The fraction of sp³-hybridized carbons (Fsp3) is 0.154. The number of hydrogen-bond donors (Lipinski definition) is 0. The maximum absolute atomic E-state index is 5.75. The van der Waals surface area contributed by atoms with Crippen LogP contribution in [0.5, 0.6) is 0 Å². The van der Waals surface area contributed by atoms with Crippen LogP contribution in [0.3, 0.4) is 0 Å². The Labute approximate surface area is 123 Å². The average molecular weight is 343 g/mol. The molecule has 0 bridgehead atoms. The van der Waals surface area contributed by atoms with Crippen molar-refractivity contribution < 1.29 is 0 Å². The highest BCUT2D eigenvalue weighted by molar-refractivity contribution is 14.1. The van der Waals surface area contributed by atoms with Gasteiger partial charge in [-0.25, -0.2) is 0 Å². The molecule has 1 aromatic rings. The molecule has 18 heavy (non-hydrogen) atoms. The molecule has 3 radical (unpaired) electrons. The molecule has 1 aromatic carbocycles. The summed E-state index contributed by atoms with van der Waals surface area (Å²) in [5.74, 6) is 0.910. The summed E-state index contributed by atoms with van der Waals surface area (Å²) < 4.78 is 1.21. The summed E-state index contributed by atoms with van der Waals surface area (Å²) in [6.45, 7) is 0.843. The molecule has 0 saturated heterocycles. The number of rotatable bonds is 1. The molecule has 0 spiro atoms. The van der Waals surface area contributed by atoms with Crippen molar-refractivity contribution in [3.8, 4) is 0 Å². The van der Waals surface area contributed by atoms with Crippen LogP contribution in [0.4, 0.5) is 0 Å². The van der Waals surface area contributed by atoms with E-state index < -0.39 is 0 Å². The normalized spacial score (nSPS) is 21.4. The topological polar surface area (TPSA) is 15.6 Å². The Balaban J connectivity index is 2.09. The van der Waals surface area contributed by atoms with E-state index in [1.807, 2.05) is 12.1 Å². The lowest BCUT2D eigenvalue weighted by molar-refractivity contribution is 0.555. The number of allylic oxidation sites excluding steroid dienone is 2. The van der Waals surface area contributed by atoms with E-state index in [-0.39, 0.29) is 5.94 Å². The summed E-state index contributed by atoms with van der Waals surface area (Å²) in [5.41, 5.74) is 2.47. The lowest BCUT2D eigenvalue weighted by atomic mass is 9.49. The number of fused-ring (bicyclic) bond motifs is 2. The Morgan fingerprint density at radius 3 is 3.00 bits per heavy atom. The van der Waals surface area contributed by atoms with Crippen LogP contribution in [-0.2, 0) is 6.54 Å². The Morgan fingerprint density at radius 2 is 2.17 bits per heavy atom. The van der Waals surface area contributed by atoms with Crippen LogP contribution < -0.4 is 0 Å². The first kappa shape index (κ1) is 12.1. The van der Waals surface area contributed by atoms with E-state index in [2.05, 4.69) is 58.0 Å². The maximum Gasteiger partial charge on any atom is 0.127 e. The molecule has 0 saturated carbocycles. The Kier molecular flexibility index (Phi) is 3.33. The van der Waals surface area contributed by atoms with Crippen LogP contribution in [0.25, 0.3) is 0 Å². The molecular weight excluding hydrogens is 333 g/mol. The van der Waals surface area contributed by atoms with Crippen molar-refractivity contribution in [3.05, 3.63) is 57.3 Å². The van der Waals surface area contributed by atoms with Gasteiger partial charge in [0.2, 0.25) is 0 Å². The van der Waals surface area contributed by atoms with Gasteiger partial charge in [0.15, 0.2) is 0 Å². The van der Waals surface area contributed by atoms with E-state index >= 15 is 0 Å². The summed E-state index contributed by atoms with van der Waals surface area (Å²) >= 11 is 2.32. The second-order valence-electron chi connectivity index (χ2n) is 4.30. The van der Waals surface area contributed by atoms with Gasteiger partial charge in [0.05, 0.1) is 7.17 Å². The predicted octanol–water partition coefficient (Wildman–Crippen LogP) is 2.53. The van der Waals surface area contributed by atoms with Crippen molar-refractivity contribution in [2.45, 2.75) is 12.5 Å². The number of amidine groups is 1. The minimum Gasteiger partial charge on any atom is -0.328 e. The SMILES string of the molecule is [B][B]C1N=C2C=CC(I)=CN2Cc2ccccc21. The summed E-state index contributed by atoms with van der Waals surface area (Å²) in [7, 11) is 7.40. The van der Waals surface area contributed by atoms with Crippen molar-refractivity contribution in [1.29, 1.82) is 0 Å². The van der Waals surface area contributed by atoms with Gasteiger partial charge in [0, 0.05) is 30.0 Å². The highest BCUT2D eigenvalue weighted by Crippen LogP contribution is 2.28. The van der Waals surface area contributed by atoms with Crippen molar-refractivity contribution in [2.24, 2.45) is 4.99 Å². The van der Waals surface area contributed by atoms with Crippen LogP contribution in [0.2, 0.25) is 0 Å². The summed E-state index contributed by atoms with van der Waals surface area (Å²) in [5, 5.41) is 0. The van der Waals surface area contributed by atoms with Crippen molar-refractivity contribution in [1.82, 2.24) is 4.90 Å². The van der Waals surface area contributed by atoms with Crippen LogP contribution in [0.15, 0.2) is 51.2 Å². The predicted molar refractivity (Wildman–Crippen MR) is 84.9 cm³/mol. The van der Waals surface area contributed by atoms with Gasteiger partial charge < -0.3 is 4.90 Å². The first-order valence-electron chi connectivity index (χ1n) is 5.80. The average Bonchev–Trinajstić information content (AvgIpc) is 2.54. The third-order valence-corrected chi connectivity index (χ3v) is 3.77. The van der Waals surface area contributed by atoms with Gasteiger partial charge in [-0.15, -0.1) is 0 Å². The molecule has 1 atom stereocenters. The number of halogens is 1. The monoisotopic (exact) mass is 343 g/mol. The molecular formula is C13H10B2IN2. The van der Waals surface area contributed by atoms with Crippen LogP contribution in [-0.4, -0.2) is 25.6 Å². The van der Waals surface area contributed by atoms with Gasteiger partial charge >= 0.3 is 0 Å². The summed E-state index contributed by atoms with van der Waals surface area (Å²) in [6, 6.07) is 8.34. The van der Waals surface area contributed by atoms with E-state index in [0.29, 0.717) is 0 Å². The summed E-state index contributed by atoms with van der Waals surface area (Å²) in [4.78, 5) is 6.89. The molecule has 0 N–H and O–H groups in total. The largest absolute Gasteiger partial charge is 0.328 e. The molecule has 0 fully saturated rings. The van der Waals surface area contributed by atoms with Gasteiger partial charge in [0.25, 0.3) is 0 Å².